The fourth-order valence-corrected chi connectivity index (χ4v) is 2.83. The maximum Gasteiger partial charge on any atom is 0.263 e. The minimum atomic E-state index is -0.431. The minimum Gasteiger partial charge on any atom is -0.497 e. The van der Waals surface area contributed by atoms with E-state index in [9.17, 15) is 10.1 Å². The number of carbonyl (C=O) groups is 1. The van der Waals surface area contributed by atoms with Gasteiger partial charge in [0, 0.05) is 12.7 Å². The summed E-state index contributed by atoms with van der Waals surface area (Å²) in [5, 5.41) is 15.2. The summed E-state index contributed by atoms with van der Waals surface area (Å²) in [7, 11) is 4.78. The third-order valence-corrected chi connectivity index (χ3v) is 4.58. The summed E-state index contributed by atoms with van der Waals surface area (Å²) in [6, 6.07) is 14.8. The molecule has 2 aromatic carbocycles. The van der Waals surface area contributed by atoms with E-state index in [0.29, 0.717) is 24.5 Å². The van der Waals surface area contributed by atoms with Crippen molar-refractivity contribution in [3.63, 3.8) is 0 Å². The zero-order valence-corrected chi connectivity index (χ0v) is 17.7. The predicted molar refractivity (Wildman–Crippen MR) is 115 cm³/mol. The van der Waals surface area contributed by atoms with E-state index in [-0.39, 0.29) is 11.6 Å². The normalized spacial score (nSPS) is 11.8. The number of hydrogen-bond acceptors (Lipinski definition) is 6. The molecule has 0 radical (unpaired) electrons. The lowest BCUT2D eigenvalue weighted by Gasteiger charge is -2.14. The van der Waals surface area contributed by atoms with E-state index in [1.807, 2.05) is 55.5 Å². The highest BCUT2D eigenvalue weighted by Crippen LogP contribution is 2.27. The van der Waals surface area contributed by atoms with Gasteiger partial charge in [-0.25, -0.2) is 0 Å². The Morgan fingerprint density at radius 2 is 1.77 bits per heavy atom. The number of nitrogens with zero attached hydrogens (tertiary/aromatic N) is 1. The van der Waals surface area contributed by atoms with Crippen molar-refractivity contribution >= 4 is 5.91 Å². The van der Waals surface area contributed by atoms with Crippen LogP contribution in [0.2, 0.25) is 0 Å². The van der Waals surface area contributed by atoms with E-state index < -0.39 is 5.91 Å². The van der Waals surface area contributed by atoms with Gasteiger partial charge in [0.2, 0.25) is 0 Å². The minimum absolute atomic E-state index is 0.0164. The second kappa shape index (κ2) is 11.4. The summed E-state index contributed by atoms with van der Waals surface area (Å²) in [4.78, 5) is 12.4. The SMILES string of the molecule is COc1ccc(C(C)NC(=O)/C(C#N)=C\NCCc2ccc(OC)c(OC)c2)cc1. The van der Waals surface area contributed by atoms with Crippen LogP contribution < -0.4 is 24.8 Å². The lowest BCUT2D eigenvalue weighted by molar-refractivity contribution is -0.117. The summed E-state index contributed by atoms with van der Waals surface area (Å²) in [5.74, 6) is 1.65. The molecular formula is C23H27N3O4. The zero-order chi connectivity index (χ0) is 21.9. The van der Waals surface area contributed by atoms with Gasteiger partial charge in [0.1, 0.15) is 17.4 Å². The van der Waals surface area contributed by atoms with Crippen LogP contribution >= 0.6 is 0 Å². The van der Waals surface area contributed by atoms with Crippen molar-refractivity contribution in [2.24, 2.45) is 0 Å². The Kier molecular flexibility index (Phi) is 8.57. The van der Waals surface area contributed by atoms with Crippen molar-refractivity contribution in [2.75, 3.05) is 27.9 Å². The van der Waals surface area contributed by atoms with Crippen LogP contribution in [0.3, 0.4) is 0 Å². The third-order valence-electron chi connectivity index (χ3n) is 4.58. The first-order valence-electron chi connectivity index (χ1n) is 9.51. The molecule has 1 atom stereocenters. The van der Waals surface area contributed by atoms with Crippen molar-refractivity contribution in [3.05, 3.63) is 65.4 Å². The maximum absolute atomic E-state index is 12.4. The van der Waals surface area contributed by atoms with Crippen molar-refractivity contribution in [1.82, 2.24) is 10.6 Å². The molecular weight excluding hydrogens is 382 g/mol. The lowest BCUT2D eigenvalue weighted by Crippen LogP contribution is -2.28. The quantitative estimate of drug-likeness (QED) is 0.356. The fraction of sp³-hybridized carbons (Fsp3) is 0.304. The number of carbonyl (C=O) groups excluding carboxylic acids is 1. The number of nitrogens with one attached hydrogen (secondary N) is 2. The van der Waals surface area contributed by atoms with Gasteiger partial charge in [-0.2, -0.15) is 5.26 Å². The van der Waals surface area contributed by atoms with Crippen LogP contribution in [0.1, 0.15) is 24.1 Å². The zero-order valence-electron chi connectivity index (χ0n) is 17.7. The van der Waals surface area contributed by atoms with Crippen LogP contribution in [0.5, 0.6) is 17.2 Å². The number of benzene rings is 2. The van der Waals surface area contributed by atoms with Crippen LogP contribution in [0.4, 0.5) is 0 Å². The molecule has 0 aromatic heterocycles. The third kappa shape index (κ3) is 6.17. The molecule has 0 aliphatic heterocycles. The van der Waals surface area contributed by atoms with Gasteiger partial charge >= 0.3 is 0 Å². The highest BCUT2D eigenvalue weighted by atomic mass is 16.5. The highest BCUT2D eigenvalue weighted by molar-refractivity contribution is 5.97. The summed E-state index contributed by atoms with van der Waals surface area (Å²) in [5.41, 5.74) is 1.98. The molecule has 2 N–H and O–H groups in total. The Bertz CT molecular complexity index is 917. The number of hydrogen-bond donors (Lipinski definition) is 2. The van der Waals surface area contributed by atoms with E-state index in [1.54, 1.807) is 21.3 Å². The van der Waals surface area contributed by atoms with Crippen molar-refractivity contribution in [1.29, 1.82) is 5.26 Å². The number of ether oxygens (including phenoxy) is 3. The Labute approximate surface area is 177 Å². The standard InChI is InChI=1S/C23H27N3O4/c1-16(18-6-8-20(28-2)9-7-18)26-23(27)19(14-24)15-25-12-11-17-5-10-21(29-3)22(13-17)30-4/h5-10,13,15-16,25H,11-12H2,1-4H3,(H,26,27)/b19-15-. The summed E-state index contributed by atoms with van der Waals surface area (Å²) >= 11 is 0. The first kappa shape index (κ1) is 22.6. The van der Waals surface area contributed by atoms with Crippen molar-refractivity contribution < 1.29 is 19.0 Å². The molecule has 30 heavy (non-hydrogen) atoms. The molecule has 1 amide bonds. The molecule has 7 heteroatoms. The van der Waals surface area contributed by atoms with Gasteiger partial charge in [-0.3, -0.25) is 4.79 Å². The molecule has 2 rings (SSSR count). The summed E-state index contributed by atoms with van der Waals surface area (Å²) < 4.78 is 15.7. The highest BCUT2D eigenvalue weighted by Gasteiger charge is 2.14. The maximum atomic E-state index is 12.4. The largest absolute Gasteiger partial charge is 0.497 e. The Balaban J connectivity index is 1.90. The van der Waals surface area contributed by atoms with Crippen LogP contribution in [0, 0.1) is 11.3 Å². The molecule has 0 fully saturated rings. The lowest BCUT2D eigenvalue weighted by atomic mass is 10.1. The first-order chi connectivity index (χ1) is 14.5. The average molecular weight is 409 g/mol. The van der Waals surface area contributed by atoms with Gasteiger partial charge in [-0.05, 0) is 48.7 Å². The van der Waals surface area contributed by atoms with Crippen LogP contribution in [0.15, 0.2) is 54.2 Å². The van der Waals surface area contributed by atoms with Gasteiger partial charge in [-0.1, -0.05) is 18.2 Å². The second-order valence-electron chi connectivity index (χ2n) is 6.53. The molecule has 0 aliphatic carbocycles. The van der Waals surface area contributed by atoms with E-state index in [2.05, 4.69) is 10.6 Å². The topological polar surface area (TPSA) is 92.6 Å². The second-order valence-corrected chi connectivity index (χ2v) is 6.53. The van der Waals surface area contributed by atoms with E-state index in [0.717, 1.165) is 16.9 Å². The molecule has 0 spiro atoms. The monoisotopic (exact) mass is 409 g/mol. The van der Waals surface area contributed by atoms with Crippen molar-refractivity contribution in [3.8, 4) is 23.3 Å². The fourth-order valence-electron chi connectivity index (χ4n) is 2.83. The van der Waals surface area contributed by atoms with E-state index >= 15 is 0 Å². The van der Waals surface area contributed by atoms with Gasteiger partial charge in [0.15, 0.2) is 11.5 Å². The van der Waals surface area contributed by atoms with Gasteiger partial charge in [0.25, 0.3) is 5.91 Å². The molecule has 0 saturated carbocycles. The van der Waals surface area contributed by atoms with Crippen LogP contribution in [-0.2, 0) is 11.2 Å². The van der Waals surface area contributed by atoms with E-state index in [4.69, 9.17) is 14.2 Å². The summed E-state index contributed by atoms with van der Waals surface area (Å²) in [6.45, 7) is 2.42. The number of amides is 1. The molecule has 0 bridgehead atoms. The molecule has 0 heterocycles. The Morgan fingerprint density at radius 1 is 1.07 bits per heavy atom. The first-order valence-corrected chi connectivity index (χ1v) is 9.51. The van der Waals surface area contributed by atoms with Crippen molar-refractivity contribution in [2.45, 2.75) is 19.4 Å². The van der Waals surface area contributed by atoms with E-state index in [1.165, 1.54) is 6.20 Å². The van der Waals surface area contributed by atoms with Crippen LogP contribution in [-0.4, -0.2) is 33.8 Å². The smallest absolute Gasteiger partial charge is 0.263 e. The van der Waals surface area contributed by atoms with Gasteiger partial charge in [-0.15, -0.1) is 0 Å². The molecule has 7 nitrogen and oxygen atoms in total. The summed E-state index contributed by atoms with van der Waals surface area (Å²) in [6.07, 6.45) is 2.14. The molecule has 2 aromatic rings. The predicted octanol–water partition coefficient (Wildman–Crippen LogP) is 3.13. The molecule has 0 aliphatic rings. The van der Waals surface area contributed by atoms with Gasteiger partial charge < -0.3 is 24.8 Å². The Hall–Kier alpha value is -3.66. The molecule has 0 saturated heterocycles. The average Bonchev–Trinajstić information content (AvgIpc) is 2.78. The number of rotatable bonds is 10. The Morgan fingerprint density at radius 3 is 2.37 bits per heavy atom. The number of methoxy groups -OCH3 is 3. The van der Waals surface area contributed by atoms with Gasteiger partial charge in [0.05, 0.1) is 27.4 Å². The number of nitriles is 1. The molecule has 1 unspecified atom stereocenters. The van der Waals surface area contributed by atoms with Crippen LogP contribution in [0.25, 0.3) is 0 Å². The molecule has 158 valence electrons.